The van der Waals surface area contributed by atoms with Crippen LogP contribution in [0.2, 0.25) is 5.02 Å². The Balaban J connectivity index is 1.65. The predicted molar refractivity (Wildman–Crippen MR) is 110 cm³/mol. The average molecular weight is 398 g/mol. The summed E-state index contributed by atoms with van der Waals surface area (Å²) in [5, 5.41) is 22.1. The second-order valence-electron chi connectivity index (χ2n) is 6.01. The van der Waals surface area contributed by atoms with Gasteiger partial charge in [0.2, 0.25) is 0 Å². The molecule has 5 nitrogen and oxygen atoms in total. The number of aromatic nitrogens is 1. The second kappa shape index (κ2) is 7.06. The molecule has 2 heterocycles. The minimum absolute atomic E-state index is 0.131. The van der Waals surface area contributed by atoms with Gasteiger partial charge >= 0.3 is 0 Å². The van der Waals surface area contributed by atoms with Crippen molar-refractivity contribution in [2.75, 3.05) is 18.6 Å². The third-order valence-electron chi connectivity index (χ3n) is 4.31. The van der Waals surface area contributed by atoms with Crippen LogP contribution in [0, 0.1) is 5.41 Å². The van der Waals surface area contributed by atoms with Crippen molar-refractivity contribution in [1.82, 2.24) is 4.98 Å². The molecule has 0 spiro atoms. The molecule has 0 atom stereocenters. The normalized spacial score (nSPS) is 14.1. The van der Waals surface area contributed by atoms with E-state index < -0.39 is 0 Å². The maximum atomic E-state index is 10.5. The van der Waals surface area contributed by atoms with Crippen molar-refractivity contribution in [2.24, 2.45) is 0 Å². The lowest BCUT2D eigenvalue weighted by molar-refractivity contribution is 0.411. The molecule has 0 radical (unpaired) electrons. The van der Waals surface area contributed by atoms with E-state index >= 15 is 0 Å². The first-order valence-corrected chi connectivity index (χ1v) is 9.47. The van der Waals surface area contributed by atoms with Crippen LogP contribution in [0.3, 0.4) is 0 Å². The Morgan fingerprint density at radius 2 is 2.04 bits per heavy atom. The first kappa shape index (κ1) is 17.6. The number of rotatable bonds is 4. The van der Waals surface area contributed by atoms with Crippen LogP contribution in [-0.2, 0) is 0 Å². The van der Waals surface area contributed by atoms with E-state index in [0.717, 1.165) is 22.7 Å². The number of amidine groups is 1. The fraction of sp³-hybridized carbons (Fsp3) is 0.100. The Hall–Kier alpha value is -2.83. The van der Waals surface area contributed by atoms with Gasteiger partial charge in [-0.15, -0.1) is 11.3 Å². The first-order valence-electron chi connectivity index (χ1n) is 8.21. The number of halogens is 1. The van der Waals surface area contributed by atoms with Crippen LogP contribution >= 0.6 is 22.9 Å². The molecule has 0 saturated heterocycles. The number of hydrogen-bond donors (Lipinski definition) is 2. The molecule has 0 fully saturated rings. The van der Waals surface area contributed by atoms with Gasteiger partial charge in [0, 0.05) is 21.7 Å². The standard InChI is InChI=1S/C20H16ClN3O2S/c1-26-15-7-2-4-12(8-15)16-11-27-20(23-16)18-17(25)10-24(19(18)22)14-6-3-5-13(21)9-14/h2-9,11,22,25H,10H2,1H3. The molecule has 3 aromatic rings. The van der Waals surface area contributed by atoms with Gasteiger partial charge < -0.3 is 14.7 Å². The summed E-state index contributed by atoms with van der Waals surface area (Å²) < 4.78 is 5.26. The van der Waals surface area contributed by atoms with E-state index in [0.29, 0.717) is 15.6 Å². The smallest absolute Gasteiger partial charge is 0.139 e. The lowest BCUT2D eigenvalue weighted by Gasteiger charge is -2.18. The number of nitrogens with one attached hydrogen (secondary N) is 1. The van der Waals surface area contributed by atoms with Crippen molar-refractivity contribution in [3.63, 3.8) is 0 Å². The highest BCUT2D eigenvalue weighted by molar-refractivity contribution is 7.11. The zero-order valence-electron chi connectivity index (χ0n) is 14.4. The van der Waals surface area contributed by atoms with Crippen molar-refractivity contribution in [1.29, 1.82) is 5.41 Å². The highest BCUT2D eigenvalue weighted by Gasteiger charge is 2.31. The van der Waals surface area contributed by atoms with Crippen molar-refractivity contribution in [2.45, 2.75) is 0 Å². The van der Waals surface area contributed by atoms with Crippen LogP contribution in [0.4, 0.5) is 5.69 Å². The van der Waals surface area contributed by atoms with E-state index in [2.05, 4.69) is 4.98 Å². The molecule has 0 unspecified atom stereocenters. The van der Waals surface area contributed by atoms with Gasteiger partial charge in [-0.25, -0.2) is 4.98 Å². The number of hydrogen-bond acceptors (Lipinski definition) is 5. The van der Waals surface area contributed by atoms with Crippen LogP contribution < -0.4 is 9.64 Å². The number of benzene rings is 2. The van der Waals surface area contributed by atoms with Gasteiger partial charge in [0.15, 0.2) is 0 Å². The van der Waals surface area contributed by atoms with Crippen molar-refractivity contribution < 1.29 is 9.84 Å². The van der Waals surface area contributed by atoms with E-state index in [1.54, 1.807) is 24.1 Å². The third-order valence-corrected chi connectivity index (χ3v) is 5.40. The highest BCUT2D eigenvalue weighted by Crippen LogP contribution is 2.35. The molecule has 1 aliphatic heterocycles. The molecular formula is C20H16ClN3O2S. The minimum Gasteiger partial charge on any atom is -0.510 e. The number of nitrogens with zero attached hydrogens (tertiary/aromatic N) is 2. The Bertz CT molecular complexity index is 1060. The van der Waals surface area contributed by atoms with Gasteiger partial charge in [-0.1, -0.05) is 29.8 Å². The Labute approximate surface area is 165 Å². The molecule has 0 saturated carbocycles. The first-order chi connectivity index (χ1) is 13.1. The van der Waals surface area contributed by atoms with Crippen LogP contribution in [0.25, 0.3) is 16.8 Å². The molecule has 0 bridgehead atoms. The summed E-state index contributed by atoms with van der Waals surface area (Å²) in [6, 6.07) is 14.9. The van der Waals surface area contributed by atoms with Crippen molar-refractivity contribution in [3.8, 4) is 17.0 Å². The van der Waals surface area contributed by atoms with Crippen LogP contribution in [0.15, 0.2) is 59.7 Å². The molecule has 1 aliphatic rings. The largest absolute Gasteiger partial charge is 0.510 e. The number of methoxy groups -OCH3 is 1. The monoisotopic (exact) mass is 397 g/mol. The topological polar surface area (TPSA) is 69.4 Å². The maximum absolute atomic E-state index is 10.5. The SMILES string of the molecule is COc1cccc(-c2csc(C3=C(O)CN(c4cccc(Cl)c4)C3=N)n2)c1. The lowest BCUT2D eigenvalue weighted by atomic mass is 10.1. The van der Waals surface area contributed by atoms with Gasteiger partial charge in [-0.3, -0.25) is 5.41 Å². The van der Waals surface area contributed by atoms with E-state index in [4.69, 9.17) is 21.7 Å². The summed E-state index contributed by atoms with van der Waals surface area (Å²) >= 11 is 7.46. The molecule has 2 N–H and O–H groups in total. The summed E-state index contributed by atoms with van der Waals surface area (Å²) in [6.07, 6.45) is 0. The highest BCUT2D eigenvalue weighted by atomic mass is 35.5. The summed E-state index contributed by atoms with van der Waals surface area (Å²) in [5.74, 6) is 1.10. The predicted octanol–water partition coefficient (Wildman–Crippen LogP) is 5.24. The fourth-order valence-electron chi connectivity index (χ4n) is 2.97. The van der Waals surface area contributed by atoms with Crippen LogP contribution in [0.5, 0.6) is 5.75 Å². The van der Waals surface area contributed by atoms with Gasteiger partial charge in [-0.2, -0.15) is 0 Å². The van der Waals surface area contributed by atoms with Gasteiger partial charge in [0.25, 0.3) is 0 Å². The minimum atomic E-state index is 0.131. The molecule has 4 rings (SSSR count). The number of thiazole rings is 1. The summed E-state index contributed by atoms with van der Waals surface area (Å²) in [4.78, 5) is 6.35. The fourth-order valence-corrected chi connectivity index (χ4v) is 4.05. The lowest BCUT2D eigenvalue weighted by Crippen LogP contribution is -2.25. The number of aliphatic hydroxyl groups is 1. The van der Waals surface area contributed by atoms with Crippen molar-refractivity contribution >= 4 is 40.0 Å². The average Bonchev–Trinajstić information content (AvgIpc) is 3.26. The Morgan fingerprint density at radius 3 is 2.81 bits per heavy atom. The molecule has 136 valence electrons. The Morgan fingerprint density at radius 1 is 1.22 bits per heavy atom. The second-order valence-corrected chi connectivity index (χ2v) is 7.30. The number of ether oxygens (including phenoxy) is 1. The van der Waals surface area contributed by atoms with E-state index in [-0.39, 0.29) is 18.1 Å². The number of anilines is 1. The summed E-state index contributed by atoms with van der Waals surface area (Å²) in [5.41, 5.74) is 2.92. The molecule has 27 heavy (non-hydrogen) atoms. The summed E-state index contributed by atoms with van der Waals surface area (Å²) in [7, 11) is 1.62. The van der Waals surface area contributed by atoms with Gasteiger partial charge in [0.1, 0.15) is 22.4 Å². The zero-order chi connectivity index (χ0) is 19.0. The van der Waals surface area contributed by atoms with Crippen molar-refractivity contribution in [3.05, 3.63) is 69.7 Å². The zero-order valence-corrected chi connectivity index (χ0v) is 16.0. The molecule has 0 aliphatic carbocycles. The van der Waals surface area contributed by atoms with Gasteiger partial charge in [-0.05, 0) is 30.3 Å². The maximum Gasteiger partial charge on any atom is 0.139 e. The summed E-state index contributed by atoms with van der Waals surface area (Å²) in [6.45, 7) is 0.225. The van der Waals surface area contributed by atoms with E-state index in [1.807, 2.05) is 41.8 Å². The molecule has 0 amide bonds. The van der Waals surface area contributed by atoms with E-state index in [9.17, 15) is 5.11 Å². The Kier molecular flexibility index (Phi) is 4.59. The van der Waals surface area contributed by atoms with Gasteiger partial charge in [0.05, 0.1) is 24.9 Å². The third kappa shape index (κ3) is 3.29. The van der Waals surface area contributed by atoms with Crippen LogP contribution in [-0.4, -0.2) is 29.6 Å². The molecule has 1 aromatic heterocycles. The molecule has 7 heteroatoms. The number of aliphatic hydroxyl groups excluding tert-OH is 1. The van der Waals surface area contributed by atoms with Crippen LogP contribution in [0.1, 0.15) is 5.01 Å². The molecular weight excluding hydrogens is 382 g/mol. The molecule has 2 aromatic carbocycles. The van der Waals surface area contributed by atoms with E-state index in [1.165, 1.54) is 11.3 Å². The quantitative estimate of drug-likeness (QED) is 0.631.